The molecule has 1 aromatic carbocycles. The molecule has 2 aromatic heterocycles. The van der Waals surface area contributed by atoms with Crippen molar-refractivity contribution in [3.05, 3.63) is 53.2 Å². The fourth-order valence-corrected chi connectivity index (χ4v) is 3.62. The number of phenols is 2. The first-order chi connectivity index (χ1) is 14.6. The van der Waals surface area contributed by atoms with Gasteiger partial charge in [0.15, 0.2) is 11.5 Å². The van der Waals surface area contributed by atoms with Crippen LogP contribution in [0, 0.1) is 13.8 Å². The molecule has 10 nitrogen and oxygen atoms in total. The molecule has 1 aliphatic rings. The Hall–Kier alpha value is -3.82. The highest BCUT2D eigenvalue weighted by Crippen LogP contribution is 2.34. The van der Waals surface area contributed by atoms with Gasteiger partial charge in [-0.05, 0) is 45.4 Å². The fourth-order valence-electron chi connectivity index (χ4n) is 3.62. The topological polar surface area (TPSA) is 125 Å². The van der Waals surface area contributed by atoms with E-state index >= 15 is 0 Å². The van der Waals surface area contributed by atoms with Crippen molar-refractivity contribution in [2.45, 2.75) is 46.3 Å². The predicted molar refractivity (Wildman–Crippen MR) is 110 cm³/mol. The summed E-state index contributed by atoms with van der Waals surface area (Å²) in [6, 6.07) is 3.82. The normalized spacial score (nSPS) is 15.9. The van der Waals surface area contributed by atoms with Crippen LogP contribution in [0.4, 0.5) is 10.5 Å². The minimum atomic E-state index is -1.10. The number of amides is 3. The van der Waals surface area contributed by atoms with Crippen LogP contribution in [0.1, 0.15) is 36.4 Å². The van der Waals surface area contributed by atoms with Gasteiger partial charge in [0.2, 0.25) is 0 Å². The smallest absolute Gasteiger partial charge is 0.332 e. The number of nitrogens with zero attached hydrogens (tertiary/aromatic N) is 5. The van der Waals surface area contributed by atoms with E-state index in [0.717, 1.165) is 16.2 Å². The Morgan fingerprint density at radius 3 is 2.48 bits per heavy atom. The van der Waals surface area contributed by atoms with E-state index in [9.17, 15) is 19.8 Å². The largest absolute Gasteiger partial charge is 0.504 e. The molecule has 1 saturated heterocycles. The van der Waals surface area contributed by atoms with Crippen LogP contribution in [-0.4, -0.2) is 47.5 Å². The van der Waals surface area contributed by atoms with Crippen molar-refractivity contribution in [1.29, 1.82) is 0 Å². The number of phenolic OH excluding ortho intramolecular Hbond substituents is 2. The third-order valence-corrected chi connectivity index (χ3v) is 5.58. The number of aromatic hydroxyl groups is 2. The van der Waals surface area contributed by atoms with Crippen LogP contribution >= 0.6 is 0 Å². The number of hydrogen-bond acceptors (Lipinski definition) is 7. The van der Waals surface area contributed by atoms with Crippen molar-refractivity contribution < 1.29 is 24.3 Å². The van der Waals surface area contributed by atoms with Crippen LogP contribution in [0.25, 0.3) is 0 Å². The lowest BCUT2D eigenvalue weighted by Crippen LogP contribution is -2.43. The minimum Gasteiger partial charge on any atom is -0.504 e. The lowest BCUT2D eigenvalue weighted by Gasteiger charge is -2.27. The number of urea groups is 1. The summed E-state index contributed by atoms with van der Waals surface area (Å²) < 4.78 is 6.79. The first kappa shape index (κ1) is 20.5. The highest BCUT2D eigenvalue weighted by molar-refractivity contribution is 6.22. The average Bonchev–Trinajstić information content (AvgIpc) is 3.34. The predicted octanol–water partition coefficient (Wildman–Crippen LogP) is 2.69. The van der Waals surface area contributed by atoms with E-state index in [1.807, 2.05) is 13.8 Å². The fraction of sp³-hybridized carbons (Fsp3) is 0.333. The molecule has 0 aliphatic carbocycles. The number of rotatable bonds is 5. The first-order valence-corrected chi connectivity index (χ1v) is 9.71. The van der Waals surface area contributed by atoms with E-state index in [4.69, 9.17) is 4.52 Å². The second-order valence-electron chi connectivity index (χ2n) is 8.09. The zero-order chi connectivity index (χ0) is 22.5. The molecule has 3 amide bonds. The molecule has 4 rings (SSSR count). The maximum Gasteiger partial charge on any atom is 0.332 e. The van der Waals surface area contributed by atoms with Gasteiger partial charge >= 0.3 is 6.03 Å². The SMILES string of the molecule is Cc1noc(C)c1Cn1cc(N2C(=O)N(Cc3ccc(O)c(O)c3)C(C)(C)C2=O)cn1. The Morgan fingerprint density at radius 2 is 1.84 bits per heavy atom. The van der Waals surface area contributed by atoms with Gasteiger partial charge in [0.1, 0.15) is 11.3 Å². The number of carbonyl (C=O) groups is 2. The van der Waals surface area contributed by atoms with Gasteiger partial charge in [0.05, 0.1) is 24.1 Å². The molecular formula is C21H23N5O5. The van der Waals surface area contributed by atoms with Gasteiger partial charge < -0.3 is 19.6 Å². The molecule has 0 radical (unpaired) electrons. The molecule has 3 aromatic rings. The summed E-state index contributed by atoms with van der Waals surface area (Å²) in [5.74, 6) is -0.227. The number of imide groups is 1. The summed E-state index contributed by atoms with van der Waals surface area (Å²) in [7, 11) is 0. The van der Waals surface area contributed by atoms with Crippen LogP contribution in [0.2, 0.25) is 0 Å². The average molecular weight is 425 g/mol. The summed E-state index contributed by atoms with van der Waals surface area (Å²) in [4.78, 5) is 28.8. The number of aromatic nitrogens is 3. The third kappa shape index (κ3) is 3.39. The number of benzene rings is 1. The summed E-state index contributed by atoms with van der Waals surface area (Å²) in [6.07, 6.45) is 3.10. The number of hydrogen-bond donors (Lipinski definition) is 2. The minimum absolute atomic E-state index is 0.0924. The Bertz CT molecular complexity index is 1160. The second kappa shape index (κ2) is 7.15. The van der Waals surface area contributed by atoms with E-state index in [2.05, 4.69) is 10.3 Å². The zero-order valence-corrected chi connectivity index (χ0v) is 17.7. The van der Waals surface area contributed by atoms with Crippen molar-refractivity contribution in [3.8, 4) is 11.5 Å². The molecule has 2 N–H and O–H groups in total. The van der Waals surface area contributed by atoms with E-state index in [-0.39, 0.29) is 24.0 Å². The molecule has 1 aliphatic heterocycles. The zero-order valence-electron chi connectivity index (χ0n) is 17.7. The summed E-state index contributed by atoms with van der Waals surface area (Å²) in [5, 5.41) is 27.5. The van der Waals surface area contributed by atoms with Gasteiger partial charge in [-0.15, -0.1) is 0 Å². The number of anilines is 1. The Balaban J connectivity index is 1.59. The number of aryl methyl sites for hydroxylation is 2. The molecule has 0 unspecified atom stereocenters. The maximum atomic E-state index is 13.2. The quantitative estimate of drug-likeness (QED) is 0.475. The molecule has 0 bridgehead atoms. The van der Waals surface area contributed by atoms with Gasteiger partial charge in [0, 0.05) is 18.3 Å². The molecular weight excluding hydrogens is 402 g/mol. The van der Waals surface area contributed by atoms with Crippen molar-refractivity contribution in [2.24, 2.45) is 0 Å². The molecule has 31 heavy (non-hydrogen) atoms. The molecule has 0 atom stereocenters. The molecule has 1 fully saturated rings. The molecule has 0 saturated carbocycles. The lowest BCUT2D eigenvalue weighted by atomic mass is 10.0. The summed E-state index contributed by atoms with van der Waals surface area (Å²) in [5.41, 5.74) is 1.50. The molecule has 0 spiro atoms. The molecule has 162 valence electrons. The van der Waals surface area contributed by atoms with Crippen molar-refractivity contribution >= 4 is 17.6 Å². The Labute approximate surface area is 178 Å². The van der Waals surface area contributed by atoms with Crippen LogP contribution in [0.5, 0.6) is 11.5 Å². The maximum absolute atomic E-state index is 13.2. The molecule has 10 heteroatoms. The van der Waals surface area contributed by atoms with E-state index in [0.29, 0.717) is 23.6 Å². The van der Waals surface area contributed by atoms with Crippen molar-refractivity contribution in [1.82, 2.24) is 19.8 Å². The van der Waals surface area contributed by atoms with E-state index in [1.54, 1.807) is 30.8 Å². The van der Waals surface area contributed by atoms with Crippen LogP contribution in [0.3, 0.4) is 0 Å². The van der Waals surface area contributed by atoms with E-state index in [1.165, 1.54) is 23.2 Å². The van der Waals surface area contributed by atoms with Gasteiger partial charge in [-0.1, -0.05) is 11.2 Å². The van der Waals surface area contributed by atoms with Crippen molar-refractivity contribution in [3.63, 3.8) is 0 Å². The summed E-state index contributed by atoms with van der Waals surface area (Å²) >= 11 is 0. The van der Waals surface area contributed by atoms with Crippen molar-refractivity contribution in [2.75, 3.05) is 4.90 Å². The highest BCUT2D eigenvalue weighted by Gasteiger charge is 2.52. The second-order valence-corrected chi connectivity index (χ2v) is 8.09. The van der Waals surface area contributed by atoms with Crippen LogP contribution < -0.4 is 4.90 Å². The van der Waals surface area contributed by atoms with Crippen LogP contribution in [-0.2, 0) is 17.9 Å². The monoisotopic (exact) mass is 425 g/mol. The van der Waals surface area contributed by atoms with Gasteiger partial charge in [-0.2, -0.15) is 5.10 Å². The first-order valence-electron chi connectivity index (χ1n) is 9.71. The lowest BCUT2D eigenvalue weighted by molar-refractivity contribution is -0.123. The van der Waals surface area contributed by atoms with Crippen LogP contribution in [0.15, 0.2) is 35.1 Å². The Morgan fingerprint density at radius 1 is 1.10 bits per heavy atom. The molecule has 3 heterocycles. The van der Waals surface area contributed by atoms with Gasteiger partial charge in [-0.3, -0.25) is 9.48 Å². The van der Waals surface area contributed by atoms with Gasteiger partial charge in [0.25, 0.3) is 5.91 Å². The third-order valence-electron chi connectivity index (χ3n) is 5.58. The summed E-state index contributed by atoms with van der Waals surface area (Å²) in [6.45, 7) is 7.48. The standard InChI is InChI=1S/C21H23N5O5/c1-12-16(13(2)31-23-12)11-24-10-15(8-22-24)26-19(29)21(3,4)25(20(26)30)9-14-5-6-17(27)18(28)7-14/h5-8,10,27-28H,9,11H2,1-4H3. The van der Waals surface area contributed by atoms with Gasteiger partial charge in [-0.25, -0.2) is 9.69 Å². The Kier molecular flexibility index (Phi) is 4.72. The highest BCUT2D eigenvalue weighted by atomic mass is 16.5. The van der Waals surface area contributed by atoms with E-state index < -0.39 is 11.6 Å². The number of carbonyl (C=O) groups excluding carboxylic acids is 2.